The Kier molecular flexibility index (Phi) is 5.15. The summed E-state index contributed by atoms with van der Waals surface area (Å²) in [6, 6.07) is 4.41. The van der Waals surface area contributed by atoms with Crippen molar-refractivity contribution in [3.63, 3.8) is 0 Å². The van der Waals surface area contributed by atoms with Gasteiger partial charge in [-0.15, -0.1) is 0 Å². The number of hydrogen-bond acceptors (Lipinski definition) is 3. The predicted molar refractivity (Wildman–Crippen MR) is 65.4 cm³/mol. The van der Waals surface area contributed by atoms with Gasteiger partial charge in [0.2, 0.25) is 0 Å². The molecule has 0 fully saturated rings. The van der Waals surface area contributed by atoms with Gasteiger partial charge in [-0.3, -0.25) is 0 Å². The minimum Gasteiger partial charge on any atom is -0.486 e. The zero-order valence-corrected chi connectivity index (χ0v) is 11.1. The number of halogens is 2. The van der Waals surface area contributed by atoms with Crippen LogP contribution in [0.15, 0.2) is 34.3 Å². The topological polar surface area (TPSA) is 35.5 Å². The molecular formula is C12H12BrFO3. The maximum Gasteiger partial charge on any atom is 0.333 e. The van der Waals surface area contributed by atoms with Crippen LogP contribution in [0.1, 0.15) is 6.92 Å². The van der Waals surface area contributed by atoms with Gasteiger partial charge in [0.1, 0.15) is 6.61 Å². The van der Waals surface area contributed by atoms with E-state index < -0.39 is 11.8 Å². The van der Waals surface area contributed by atoms with Crippen molar-refractivity contribution >= 4 is 21.9 Å². The predicted octanol–water partition coefficient (Wildman–Crippen LogP) is 3.09. The van der Waals surface area contributed by atoms with Crippen molar-refractivity contribution in [2.45, 2.75) is 6.92 Å². The Morgan fingerprint density at radius 1 is 1.53 bits per heavy atom. The number of hydrogen-bond donors (Lipinski definition) is 0. The van der Waals surface area contributed by atoms with Gasteiger partial charge in [0.15, 0.2) is 11.6 Å². The first kappa shape index (κ1) is 13.7. The fourth-order valence-corrected chi connectivity index (χ4v) is 1.43. The molecular weight excluding hydrogens is 291 g/mol. The fourth-order valence-electron chi connectivity index (χ4n) is 1.09. The summed E-state index contributed by atoms with van der Waals surface area (Å²) in [4.78, 5) is 11.0. The molecule has 0 saturated carbocycles. The summed E-state index contributed by atoms with van der Waals surface area (Å²) in [5, 5.41) is 0. The van der Waals surface area contributed by atoms with Gasteiger partial charge in [-0.1, -0.05) is 15.9 Å². The molecule has 0 aromatic heterocycles. The third-order valence-electron chi connectivity index (χ3n) is 2.03. The van der Waals surface area contributed by atoms with Gasteiger partial charge in [0.25, 0.3) is 0 Å². The van der Waals surface area contributed by atoms with Gasteiger partial charge in [-0.2, -0.15) is 0 Å². The van der Waals surface area contributed by atoms with Crippen LogP contribution in [-0.4, -0.2) is 19.7 Å². The molecule has 1 aromatic carbocycles. The summed E-state index contributed by atoms with van der Waals surface area (Å²) in [7, 11) is 1.30. The van der Waals surface area contributed by atoms with Crippen LogP contribution in [0.5, 0.6) is 5.75 Å². The molecule has 0 unspecified atom stereocenters. The standard InChI is InChI=1S/C12H12BrFO3/c1-8(12(15)16-2)5-6-17-11-7-9(13)3-4-10(11)14/h3-5,7H,6H2,1-2H3/b8-5+. The lowest BCUT2D eigenvalue weighted by Gasteiger charge is -2.05. The summed E-state index contributed by atoms with van der Waals surface area (Å²) < 4.78 is 23.7. The third-order valence-corrected chi connectivity index (χ3v) is 2.52. The summed E-state index contributed by atoms with van der Waals surface area (Å²) in [5.41, 5.74) is 0.419. The lowest BCUT2D eigenvalue weighted by molar-refractivity contribution is -0.136. The zero-order chi connectivity index (χ0) is 12.8. The van der Waals surface area contributed by atoms with E-state index in [4.69, 9.17) is 4.74 Å². The van der Waals surface area contributed by atoms with E-state index in [1.165, 1.54) is 25.3 Å². The van der Waals surface area contributed by atoms with E-state index in [0.29, 0.717) is 5.57 Å². The molecule has 5 heteroatoms. The molecule has 0 heterocycles. The van der Waals surface area contributed by atoms with Crippen LogP contribution < -0.4 is 4.74 Å². The lowest BCUT2D eigenvalue weighted by Crippen LogP contribution is -2.04. The molecule has 1 rings (SSSR count). The zero-order valence-electron chi connectivity index (χ0n) is 9.50. The van der Waals surface area contributed by atoms with E-state index in [1.807, 2.05) is 0 Å². The second-order valence-electron chi connectivity index (χ2n) is 3.26. The molecule has 3 nitrogen and oxygen atoms in total. The maximum atomic E-state index is 13.3. The Hall–Kier alpha value is -1.36. The number of esters is 1. The number of ether oxygens (including phenoxy) is 2. The van der Waals surface area contributed by atoms with Crippen LogP contribution in [0.25, 0.3) is 0 Å². The number of carbonyl (C=O) groups excluding carboxylic acids is 1. The van der Waals surface area contributed by atoms with E-state index in [1.54, 1.807) is 13.0 Å². The second-order valence-corrected chi connectivity index (χ2v) is 4.18. The van der Waals surface area contributed by atoms with Gasteiger partial charge >= 0.3 is 5.97 Å². The highest BCUT2D eigenvalue weighted by molar-refractivity contribution is 9.10. The van der Waals surface area contributed by atoms with Crippen LogP contribution in [-0.2, 0) is 9.53 Å². The highest BCUT2D eigenvalue weighted by Gasteiger charge is 2.05. The van der Waals surface area contributed by atoms with E-state index in [0.717, 1.165) is 4.47 Å². The Morgan fingerprint density at radius 2 is 2.24 bits per heavy atom. The maximum absolute atomic E-state index is 13.3. The Balaban J connectivity index is 2.62. The van der Waals surface area contributed by atoms with Crippen LogP contribution >= 0.6 is 15.9 Å². The molecule has 92 valence electrons. The number of benzene rings is 1. The van der Waals surface area contributed by atoms with Gasteiger partial charge < -0.3 is 9.47 Å². The molecule has 0 N–H and O–H groups in total. The molecule has 0 bridgehead atoms. The highest BCUT2D eigenvalue weighted by Crippen LogP contribution is 2.22. The molecule has 0 amide bonds. The van der Waals surface area contributed by atoms with Crippen molar-refractivity contribution in [2.75, 3.05) is 13.7 Å². The van der Waals surface area contributed by atoms with Crippen molar-refractivity contribution in [2.24, 2.45) is 0 Å². The Morgan fingerprint density at radius 3 is 2.88 bits per heavy atom. The molecule has 0 radical (unpaired) electrons. The summed E-state index contributed by atoms with van der Waals surface area (Å²) in [5.74, 6) is -0.742. The molecule has 1 aromatic rings. The molecule has 0 aliphatic rings. The van der Waals surface area contributed by atoms with Crippen LogP contribution in [0.2, 0.25) is 0 Å². The van der Waals surface area contributed by atoms with Crippen LogP contribution in [0, 0.1) is 5.82 Å². The Labute approximate surface area is 107 Å². The van der Waals surface area contributed by atoms with Crippen molar-refractivity contribution in [1.82, 2.24) is 0 Å². The van der Waals surface area contributed by atoms with Crippen molar-refractivity contribution < 1.29 is 18.7 Å². The number of methoxy groups -OCH3 is 1. The normalized spacial score (nSPS) is 11.2. The monoisotopic (exact) mass is 302 g/mol. The van der Waals surface area contributed by atoms with Crippen LogP contribution in [0.4, 0.5) is 4.39 Å². The van der Waals surface area contributed by atoms with Crippen molar-refractivity contribution in [3.05, 3.63) is 40.1 Å². The fraction of sp³-hybridized carbons (Fsp3) is 0.250. The second kappa shape index (κ2) is 6.39. The van der Waals surface area contributed by atoms with E-state index >= 15 is 0 Å². The first-order valence-corrected chi connectivity index (χ1v) is 5.67. The first-order chi connectivity index (χ1) is 8.04. The summed E-state index contributed by atoms with van der Waals surface area (Å²) in [6.07, 6.45) is 1.53. The lowest BCUT2D eigenvalue weighted by atomic mass is 10.3. The molecule has 0 saturated heterocycles. The van der Waals surface area contributed by atoms with Gasteiger partial charge in [-0.25, -0.2) is 9.18 Å². The Bertz CT molecular complexity index is 443. The quantitative estimate of drug-likeness (QED) is 0.633. The SMILES string of the molecule is COC(=O)/C(C)=C/COc1cc(Br)ccc1F. The molecule has 0 atom stereocenters. The first-order valence-electron chi connectivity index (χ1n) is 4.87. The van der Waals surface area contributed by atoms with Crippen molar-refractivity contribution in [3.8, 4) is 5.75 Å². The van der Waals surface area contributed by atoms with Crippen LogP contribution in [0.3, 0.4) is 0 Å². The summed E-state index contributed by atoms with van der Waals surface area (Å²) in [6.45, 7) is 1.71. The highest BCUT2D eigenvalue weighted by atomic mass is 79.9. The van der Waals surface area contributed by atoms with E-state index in [-0.39, 0.29) is 12.4 Å². The smallest absolute Gasteiger partial charge is 0.333 e. The van der Waals surface area contributed by atoms with Gasteiger partial charge in [-0.05, 0) is 31.2 Å². The van der Waals surface area contributed by atoms with Gasteiger partial charge in [0, 0.05) is 10.0 Å². The molecule has 0 aliphatic carbocycles. The molecule has 0 aliphatic heterocycles. The van der Waals surface area contributed by atoms with E-state index in [2.05, 4.69) is 20.7 Å². The average Bonchev–Trinajstić information content (AvgIpc) is 2.32. The van der Waals surface area contributed by atoms with Gasteiger partial charge in [0.05, 0.1) is 7.11 Å². The summed E-state index contributed by atoms with van der Waals surface area (Å²) >= 11 is 3.22. The van der Waals surface area contributed by atoms with Crippen molar-refractivity contribution in [1.29, 1.82) is 0 Å². The largest absolute Gasteiger partial charge is 0.486 e. The molecule has 0 spiro atoms. The average molecular weight is 303 g/mol. The third kappa shape index (κ3) is 4.19. The number of carbonyl (C=O) groups is 1. The molecule has 17 heavy (non-hydrogen) atoms. The van der Waals surface area contributed by atoms with E-state index in [9.17, 15) is 9.18 Å². The minimum atomic E-state index is -0.447. The number of rotatable bonds is 4. The minimum absolute atomic E-state index is 0.105.